The van der Waals surface area contributed by atoms with Crippen LogP contribution in [0.25, 0.3) is 11.0 Å². The van der Waals surface area contributed by atoms with E-state index < -0.39 is 0 Å². The molecule has 0 radical (unpaired) electrons. The van der Waals surface area contributed by atoms with Crippen molar-refractivity contribution in [2.75, 3.05) is 16.8 Å². The SMILES string of the molecule is Cc1nc(NC2CCN(c3cnn(C)c3)C2=O)c2cnn(C)c2n1. The number of aryl methyl sites for hydroxylation is 3. The van der Waals surface area contributed by atoms with Gasteiger partial charge in [0.05, 0.1) is 23.5 Å². The molecule has 1 fully saturated rings. The number of nitrogens with one attached hydrogen (secondary N) is 1. The normalized spacial score (nSPS) is 17.9. The van der Waals surface area contributed by atoms with Crippen LogP contribution in [0.2, 0.25) is 0 Å². The van der Waals surface area contributed by atoms with E-state index in [1.165, 1.54) is 0 Å². The molecular formula is C15H18N8O. The van der Waals surface area contributed by atoms with Gasteiger partial charge in [-0.2, -0.15) is 10.2 Å². The van der Waals surface area contributed by atoms with E-state index >= 15 is 0 Å². The minimum atomic E-state index is -0.317. The number of carbonyl (C=O) groups excluding carboxylic acids is 1. The fourth-order valence-corrected chi connectivity index (χ4v) is 3.02. The summed E-state index contributed by atoms with van der Waals surface area (Å²) in [5.41, 5.74) is 1.57. The smallest absolute Gasteiger partial charge is 0.249 e. The van der Waals surface area contributed by atoms with E-state index in [1.807, 2.05) is 27.2 Å². The molecule has 0 spiro atoms. The summed E-state index contributed by atoms with van der Waals surface area (Å²) in [4.78, 5) is 23.3. The minimum Gasteiger partial charge on any atom is -0.358 e. The largest absolute Gasteiger partial charge is 0.358 e. The molecule has 1 aliphatic rings. The molecule has 1 saturated heterocycles. The van der Waals surface area contributed by atoms with Crippen LogP contribution in [0.1, 0.15) is 12.2 Å². The van der Waals surface area contributed by atoms with Gasteiger partial charge in [0.2, 0.25) is 5.91 Å². The zero-order valence-electron chi connectivity index (χ0n) is 13.8. The molecule has 0 saturated carbocycles. The van der Waals surface area contributed by atoms with E-state index in [4.69, 9.17) is 0 Å². The summed E-state index contributed by atoms with van der Waals surface area (Å²) < 4.78 is 3.39. The molecule has 4 rings (SSSR count). The topological polar surface area (TPSA) is 93.8 Å². The fraction of sp³-hybridized carbons (Fsp3) is 0.400. The van der Waals surface area contributed by atoms with Gasteiger partial charge < -0.3 is 10.2 Å². The first kappa shape index (κ1) is 14.6. The third-order valence-electron chi connectivity index (χ3n) is 4.22. The summed E-state index contributed by atoms with van der Waals surface area (Å²) in [6.45, 7) is 2.48. The van der Waals surface area contributed by atoms with E-state index in [0.29, 0.717) is 24.6 Å². The maximum atomic E-state index is 12.7. The van der Waals surface area contributed by atoms with Crippen molar-refractivity contribution in [2.24, 2.45) is 14.1 Å². The molecule has 4 heterocycles. The zero-order valence-corrected chi connectivity index (χ0v) is 13.8. The molecule has 1 atom stereocenters. The summed E-state index contributed by atoms with van der Waals surface area (Å²) in [7, 11) is 3.67. The Morgan fingerprint density at radius 3 is 2.79 bits per heavy atom. The number of rotatable bonds is 3. The van der Waals surface area contributed by atoms with Gasteiger partial charge in [0, 0.05) is 26.8 Å². The van der Waals surface area contributed by atoms with E-state index in [9.17, 15) is 4.79 Å². The molecule has 124 valence electrons. The highest BCUT2D eigenvalue weighted by atomic mass is 16.2. The molecule has 1 amide bonds. The van der Waals surface area contributed by atoms with Crippen LogP contribution in [-0.4, -0.2) is 48.0 Å². The Bertz CT molecular complexity index is 927. The van der Waals surface area contributed by atoms with Crippen molar-refractivity contribution in [2.45, 2.75) is 19.4 Å². The van der Waals surface area contributed by atoms with E-state index in [1.54, 1.807) is 26.7 Å². The number of anilines is 2. The quantitative estimate of drug-likeness (QED) is 0.758. The molecule has 3 aromatic heterocycles. The van der Waals surface area contributed by atoms with Gasteiger partial charge in [0.15, 0.2) is 5.65 Å². The van der Waals surface area contributed by atoms with Crippen LogP contribution >= 0.6 is 0 Å². The number of nitrogens with zero attached hydrogens (tertiary/aromatic N) is 7. The second kappa shape index (κ2) is 5.29. The predicted octanol–water partition coefficient (Wildman–Crippen LogP) is 0.623. The Kier molecular flexibility index (Phi) is 3.22. The second-order valence-corrected chi connectivity index (χ2v) is 5.97. The number of fused-ring (bicyclic) bond motifs is 1. The van der Waals surface area contributed by atoms with Crippen molar-refractivity contribution in [1.82, 2.24) is 29.5 Å². The molecule has 3 aromatic rings. The second-order valence-electron chi connectivity index (χ2n) is 5.97. The van der Waals surface area contributed by atoms with E-state index in [-0.39, 0.29) is 11.9 Å². The molecule has 1 N–H and O–H groups in total. The van der Waals surface area contributed by atoms with Crippen molar-refractivity contribution < 1.29 is 4.79 Å². The Labute approximate surface area is 138 Å². The molecule has 9 heteroatoms. The molecular weight excluding hydrogens is 308 g/mol. The summed E-state index contributed by atoms with van der Waals surface area (Å²) in [6, 6.07) is -0.317. The van der Waals surface area contributed by atoms with Gasteiger partial charge in [0.25, 0.3) is 0 Å². The number of carbonyl (C=O) groups is 1. The summed E-state index contributed by atoms with van der Waals surface area (Å²) in [6.07, 6.45) is 5.97. The minimum absolute atomic E-state index is 0.0244. The Balaban J connectivity index is 1.61. The summed E-state index contributed by atoms with van der Waals surface area (Å²) in [5, 5.41) is 12.4. The lowest BCUT2D eigenvalue weighted by Gasteiger charge is -2.16. The lowest BCUT2D eigenvalue weighted by molar-refractivity contribution is -0.117. The van der Waals surface area contributed by atoms with Crippen LogP contribution in [0.15, 0.2) is 18.6 Å². The van der Waals surface area contributed by atoms with Gasteiger partial charge in [-0.05, 0) is 13.3 Å². The average molecular weight is 326 g/mol. The third-order valence-corrected chi connectivity index (χ3v) is 4.22. The highest BCUT2D eigenvalue weighted by Crippen LogP contribution is 2.25. The molecule has 1 aliphatic heterocycles. The first-order chi connectivity index (χ1) is 11.5. The number of hydrogen-bond donors (Lipinski definition) is 1. The van der Waals surface area contributed by atoms with Crippen molar-refractivity contribution >= 4 is 28.4 Å². The monoisotopic (exact) mass is 326 g/mol. The van der Waals surface area contributed by atoms with Crippen LogP contribution in [0.5, 0.6) is 0 Å². The van der Waals surface area contributed by atoms with Crippen molar-refractivity contribution in [3.63, 3.8) is 0 Å². The van der Waals surface area contributed by atoms with Crippen molar-refractivity contribution in [3.05, 3.63) is 24.4 Å². The molecule has 0 bridgehead atoms. The Morgan fingerprint density at radius 2 is 2.04 bits per heavy atom. The standard InChI is InChI=1S/C15H18N8O/c1-9-18-13(11-7-17-22(3)14(11)19-9)20-12-4-5-23(15(12)24)10-6-16-21(2)8-10/h6-8,12H,4-5H2,1-3H3,(H,18,19,20). The Hall–Kier alpha value is -2.97. The number of amides is 1. The lowest BCUT2D eigenvalue weighted by Crippen LogP contribution is -2.33. The average Bonchev–Trinajstić information content (AvgIpc) is 3.21. The molecule has 1 unspecified atom stereocenters. The maximum absolute atomic E-state index is 12.7. The first-order valence-electron chi connectivity index (χ1n) is 7.76. The van der Waals surface area contributed by atoms with E-state index in [0.717, 1.165) is 16.7 Å². The summed E-state index contributed by atoms with van der Waals surface area (Å²) in [5.74, 6) is 1.32. The van der Waals surface area contributed by atoms with Crippen molar-refractivity contribution in [3.8, 4) is 0 Å². The molecule has 0 aliphatic carbocycles. The van der Waals surface area contributed by atoms with Crippen LogP contribution in [-0.2, 0) is 18.9 Å². The first-order valence-corrected chi connectivity index (χ1v) is 7.76. The van der Waals surface area contributed by atoms with Gasteiger partial charge >= 0.3 is 0 Å². The van der Waals surface area contributed by atoms with E-state index in [2.05, 4.69) is 25.5 Å². The molecule has 0 aromatic carbocycles. The molecule has 24 heavy (non-hydrogen) atoms. The van der Waals surface area contributed by atoms with Gasteiger partial charge in [-0.25, -0.2) is 9.97 Å². The van der Waals surface area contributed by atoms with Gasteiger partial charge in [-0.3, -0.25) is 14.2 Å². The van der Waals surface area contributed by atoms with Gasteiger partial charge in [-0.1, -0.05) is 0 Å². The Morgan fingerprint density at radius 1 is 1.21 bits per heavy atom. The molecule has 9 nitrogen and oxygen atoms in total. The number of hydrogen-bond acceptors (Lipinski definition) is 6. The van der Waals surface area contributed by atoms with Gasteiger partial charge in [0.1, 0.15) is 17.7 Å². The lowest BCUT2D eigenvalue weighted by atomic mass is 10.2. The predicted molar refractivity (Wildman–Crippen MR) is 88.6 cm³/mol. The van der Waals surface area contributed by atoms with Crippen LogP contribution in [0, 0.1) is 6.92 Å². The zero-order chi connectivity index (χ0) is 16.8. The fourth-order valence-electron chi connectivity index (χ4n) is 3.02. The highest BCUT2D eigenvalue weighted by Gasteiger charge is 2.33. The third kappa shape index (κ3) is 2.29. The highest BCUT2D eigenvalue weighted by molar-refractivity contribution is 6.01. The summed E-state index contributed by atoms with van der Waals surface area (Å²) >= 11 is 0. The van der Waals surface area contributed by atoms with Crippen molar-refractivity contribution in [1.29, 1.82) is 0 Å². The van der Waals surface area contributed by atoms with Crippen LogP contribution in [0.3, 0.4) is 0 Å². The van der Waals surface area contributed by atoms with Gasteiger partial charge in [-0.15, -0.1) is 0 Å². The van der Waals surface area contributed by atoms with Crippen LogP contribution in [0.4, 0.5) is 11.5 Å². The number of aromatic nitrogens is 6. The maximum Gasteiger partial charge on any atom is 0.249 e. The van der Waals surface area contributed by atoms with Crippen LogP contribution < -0.4 is 10.2 Å².